The Balaban J connectivity index is 1.73. The molecule has 0 aromatic heterocycles. The molecule has 0 heterocycles. The number of carbonyl (C=O) groups excluding carboxylic acids is 1. The fourth-order valence-electron chi connectivity index (χ4n) is 2.51. The van der Waals surface area contributed by atoms with Crippen molar-refractivity contribution in [1.29, 1.82) is 0 Å². The van der Waals surface area contributed by atoms with Crippen LogP contribution in [0.15, 0.2) is 24.3 Å². The van der Waals surface area contributed by atoms with Crippen LogP contribution in [-0.2, 0) is 4.79 Å². The zero-order chi connectivity index (χ0) is 13.7. The molecule has 1 amide bonds. The van der Waals surface area contributed by atoms with Crippen LogP contribution < -0.4 is 10.1 Å². The Bertz CT molecular complexity index is 419. The van der Waals surface area contributed by atoms with Crippen molar-refractivity contribution in [2.45, 2.75) is 38.6 Å². The third-order valence-electron chi connectivity index (χ3n) is 3.49. The van der Waals surface area contributed by atoms with Crippen LogP contribution in [0.2, 0.25) is 0 Å². The molecule has 0 radical (unpaired) electrons. The van der Waals surface area contributed by atoms with Crippen molar-refractivity contribution in [3.8, 4) is 5.75 Å². The molecule has 2 atom stereocenters. The molecule has 1 aliphatic carbocycles. The molecule has 1 N–H and O–H groups in total. The van der Waals surface area contributed by atoms with Gasteiger partial charge in [-0.2, -0.15) is 0 Å². The van der Waals surface area contributed by atoms with Crippen molar-refractivity contribution < 1.29 is 13.9 Å². The molecule has 1 aromatic carbocycles. The standard InChI is InChI=1S/C15H20FNO2/c1-11-3-2-4-13(9-11)17-15(18)10-19-14-7-5-12(16)6-8-14/h5-8,11,13H,2-4,9-10H2,1H3,(H,17,18). The molecular formula is C15H20FNO2. The van der Waals surface area contributed by atoms with Gasteiger partial charge in [-0.15, -0.1) is 0 Å². The van der Waals surface area contributed by atoms with Gasteiger partial charge in [0.25, 0.3) is 5.91 Å². The molecule has 4 heteroatoms. The summed E-state index contributed by atoms with van der Waals surface area (Å²) in [6.07, 6.45) is 4.51. The van der Waals surface area contributed by atoms with Crippen molar-refractivity contribution in [3.05, 3.63) is 30.1 Å². The molecule has 1 fully saturated rings. The van der Waals surface area contributed by atoms with E-state index in [1.807, 2.05) is 0 Å². The van der Waals surface area contributed by atoms with E-state index in [0.29, 0.717) is 11.7 Å². The second-order valence-corrected chi connectivity index (χ2v) is 5.28. The van der Waals surface area contributed by atoms with Gasteiger partial charge in [-0.1, -0.05) is 19.8 Å². The average Bonchev–Trinajstić information content (AvgIpc) is 2.38. The molecule has 104 valence electrons. The molecule has 0 bridgehead atoms. The number of benzene rings is 1. The summed E-state index contributed by atoms with van der Waals surface area (Å²) in [5.41, 5.74) is 0. The molecule has 0 spiro atoms. The van der Waals surface area contributed by atoms with Gasteiger partial charge in [-0.05, 0) is 43.0 Å². The summed E-state index contributed by atoms with van der Waals surface area (Å²) >= 11 is 0. The van der Waals surface area contributed by atoms with Crippen LogP contribution in [0.1, 0.15) is 32.6 Å². The van der Waals surface area contributed by atoms with E-state index >= 15 is 0 Å². The van der Waals surface area contributed by atoms with Gasteiger partial charge in [0.1, 0.15) is 11.6 Å². The highest BCUT2D eigenvalue weighted by molar-refractivity contribution is 5.77. The van der Waals surface area contributed by atoms with Gasteiger partial charge in [0.2, 0.25) is 0 Å². The van der Waals surface area contributed by atoms with Crippen LogP contribution in [0.5, 0.6) is 5.75 Å². The minimum atomic E-state index is -0.312. The molecule has 0 saturated heterocycles. The highest BCUT2D eigenvalue weighted by Crippen LogP contribution is 2.23. The van der Waals surface area contributed by atoms with Crippen molar-refractivity contribution in [2.24, 2.45) is 5.92 Å². The zero-order valence-electron chi connectivity index (χ0n) is 11.2. The Morgan fingerprint density at radius 3 is 2.79 bits per heavy atom. The van der Waals surface area contributed by atoms with Gasteiger partial charge >= 0.3 is 0 Å². The Hall–Kier alpha value is -1.58. The number of halogens is 1. The lowest BCUT2D eigenvalue weighted by Crippen LogP contribution is -2.40. The lowest BCUT2D eigenvalue weighted by atomic mass is 9.87. The Morgan fingerprint density at radius 2 is 2.11 bits per heavy atom. The van der Waals surface area contributed by atoms with E-state index in [-0.39, 0.29) is 24.4 Å². The third kappa shape index (κ3) is 4.54. The summed E-state index contributed by atoms with van der Waals surface area (Å²) in [6.45, 7) is 2.20. The maximum absolute atomic E-state index is 12.7. The molecule has 3 nitrogen and oxygen atoms in total. The van der Waals surface area contributed by atoms with Crippen molar-refractivity contribution in [1.82, 2.24) is 5.32 Å². The molecule has 0 aliphatic heterocycles. The summed E-state index contributed by atoms with van der Waals surface area (Å²) in [7, 11) is 0. The number of hydrogen-bond donors (Lipinski definition) is 1. The minimum Gasteiger partial charge on any atom is -0.484 e. The maximum Gasteiger partial charge on any atom is 0.258 e. The molecular weight excluding hydrogens is 245 g/mol. The lowest BCUT2D eigenvalue weighted by Gasteiger charge is -2.27. The summed E-state index contributed by atoms with van der Waals surface area (Å²) < 4.78 is 18.0. The molecule has 1 aromatic rings. The van der Waals surface area contributed by atoms with Gasteiger partial charge < -0.3 is 10.1 Å². The average molecular weight is 265 g/mol. The van der Waals surface area contributed by atoms with E-state index in [1.165, 1.54) is 37.1 Å². The first-order valence-electron chi connectivity index (χ1n) is 6.81. The Labute approximate surface area is 113 Å². The highest BCUT2D eigenvalue weighted by atomic mass is 19.1. The van der Waals surface area contributed by atoms with Gasteiger partial charge in [0, 0.05) is 6.04 Å². The summed E-state index contributed by atoms with van der Waals surface area (Å²) in [5.74, 6) is 0.766. The smallest absolute Gasteiger partial charge is 0.258 e. The first-order chi connectivity index (χ1) is 9.13. The quantitative estimate of drug-likeness (QED) is 0.909. The first kappa shape index (κ1) is 13.8. The van der Waals surface area contributed by atoms with E-state index in [9.17, 15) is 9.18 Å². The van der Waals surface area contributed by atoms with E-state index in [4.69, 9.17) is 4.74 Å². The monoisotopic (exact) mass is 265 g/mol. The normalized spacial score (nSPS) is 22.8. The molecule has 1 saturated carbocycles. The van der Waals surface area contributed by atoms with E-state index in [1.54, 1.807) is 0 Å². The van der Waals surface area contributed by atoms with E-state index < -0.39 is 0 Å². The number of amides is 1. The predicted molar refractivity (Wildman–Crippen MR) is 71.5 cm³/mol. The Kier molecular flexibility index (Phi) is 4.77. The van der Waals surface area contributed by atoms with Gasteiger partial charge in [0.15, 0.2) is 6.61 Å². The van der Waals surface area contributed by atoms with Crippen LogP contribution in [0.3, 0.4) is 0 Å². The SMILES string of the molecule is CC1CCCC(NC(=O)COc2ccc(F)cc2)C1. The van der Waals surface area contributed by atoms with Crippen molar-refractivity contribution >= 4 is 5.91 Å². The molecule has 19 heavy (non-hydrogen) atoms. The largest absolute Gasteiger partial charge is 0.484 e. The van der Waals surface area contributed by atoms with Crippen LogP contribution in [-0.4, -0.2) is 18.6 Å². The Morgan fingerprint density at radius 1 is 1.37 bits per heavy atom. The van der Waals surface area contributed by atoms with Crippen LogP contribution in [0.4, 0.5) is 4.39 Å². The maximum atomic E-state index is 12.7. The van der Waals surface area contributed by atoms with Crippen LogP contribution in [0, 0.1) is 11.7 Å². The highest BCUT2D eigenvalue weighted by Gasteiger charge is 2.20. The second-order valence-electron chi connectivity index (χ2n) is 5.28. The van der Waals surface area contributed by atoms with Gasteiger partial charge in [0.05, 0.1) is 0 Å². The van der Waals surface area contributed by atoms with E-state index in [0.717, 1.165) is 12.8 Å². The van der Waals surface area contributed by atoms with Crippen molar-refractivity contribution in [3.63, 3.8) is 0 Å². The van der Waals surface area contributed by atoms with Gasteiger partial charge in [-0.3, -0.25) is 4.79 Å². The van der Waals surface area contributed by atoms with Crippen LogP contribution >= 0.6 is 0 Å². The minimum absolute atomic E-state index is 0.0173. The number of carbonyl (C=O) groups is 1. The summed E-state index contributed by atoms with van der Waals surface area (Å²) in [4.78, 5) is 11.7. The van der Waals surface area contributed by atoms with Crippen LogP contribution in [0.25, 0.3) is 0 Å². The second kappa shape index (κ2) is 6.55. The number of nitrogens with one attached hydrogen (secondary N) is 1. The summed E-state index contributed by atoms with van der Waals surface area (Å²) in [5, 5.41) is 2.99. The predicted octanol–water partition coefficient (Wildman–Crippen LogP) is 2.90. The van der Waals surface area contributed by atoms with E-state index in [2.05, 4.69) is 12.2 Å². The van der Waals surface area contributed by atoms with Crippen molar-refractivity contribution in [2.75, 3.05) is 6.61 Å². The molecule has 2 unspecified atom stereocenters. The third-order valence-corrected chi connectivity index (χ3v) is 3.49. The first-order valence-corrected chi connectivity index (χ1v) is 6.81. The lowest BCUT2D eigenvalue weighted by molar-refractivity contribution is -0.124. The topological polar surface area (TPSA) is 38.3 Å². The fraction of sp³-hybridized carbons (Fsp3) is 0.533. The number of rotatable bonds is 4. The fourth-order valence-corrected chi connectivity index (χ4v) is 2.51. The number of ether oxygens (including phenoxy) is 1. The summed E-state index contributed by atoms with van der Waals surface area (Å²) in [6, 6.07) is 5.94. The van der Waals surface area contributed by atoms with Gasteiger partial charge in [-0.25, -0.2) is 4.39 Å². The number of hydrogen-bond acceptors (Lipinski definition) is 2. The molecule has 2 rings (SSSR count). The zero-order valence-corrected chi connectivity index (χ0v) is 11.2. The molecule has 1 aliphatic rings.